The largest absolute Gasteiger partial charge is 0.459 e. The quantitative estimate of drug-likeness (QED) is 0.320. The normalized spacial score (nSPS) is 46.0. The first-order chi connectivity index (χ1) is 19.9. The summed E-state index contributed by atoms with van der Waals surface area (Å²) < 4.78 is 30.1. The second kappa shape index (κ2) is 15.3. The highest BCUT2D eigenvalue weighted by molar-refractivity contribution is 5.79. The summed E-state index contributed by atoms with van der Waals surface area (Å²) in [5.74, 6) is -3.62. The Bertz CT molecular complexity index is 919. The molecule has 0 spiro atoms. The Morgan fingerprint density at radius 2 is 1.60 bits per heavy atom. The number of likely N-dealkylation sites (N-methyl/N-ethyl adjacent to an activating group) is 1. The summed E-state index contributed by atoms with van der Waals surface area (Å²) in [7, 11) is 6.68. The monoisotopic (exact) mass is 618 g/mol. The molecule has 2 fully saturated rings. The molecule has 252 valence electrons. The molecule has 2 rings (SSSR count). The second-order valence-electron chi connectivity index (χ2n) is 13.4. The lowest BCUT2D eigenvalue weighted by molar-refractivity contribution is -0.301. The molecule has 2 heterocycles. The number of hydrogen-bond acceptors (Lipinski definition) is 11. The summed E-state index contributed by atoms with van der Waals surface area (Å²) in [4.78, 5) is 28.8. The molecule has 2 saturated heterocycles. The van der Waals surface area contributed by atoms with Crippen molar-refractivity contribution < 1.29 is 48.6 Å². The summed E-state index contributed by atoms with van der Waals surface area (Å²) >= 11 is 0. The Labute approximate surface area is 257 Å². The fraction of sp³-hybridized carbons (Fsp3) is 0.935. The van der Waals surface area contributed by atoms with E-state index in [-0.39, 0.29) is 30.9 Å². The summed E-state index contributed by atoms with van der Waals surface area (Å²) in [5.41, 5.74) is -2.83. The van der Waals surface area contributed by atoms with Crippen LogP contribution in [0.15, 0.2) is 0 Å². The summed E-state index contributed by atoms with van der Waals surface area (Å²) in [6.07, 6.45) is -5.30. The van der Waals surface area contributed by atoms with Crippen LogP contribution in [0.2, 0.25) is 0 Å². The molecule has 14 atom stereocenters. The number of rotatable bonds is 6. The van der Waals surface area contributed by atoms with Crippen molar-refractivity contribution >= 4 is 11.9 Å². The number of aliphatic hydroxyl groups is 3. The van der Waals surface area contributed by atoms with E-state index in [1.54, 1.807) is 27.7 Å². The van der Waals surface area contributed by atoms with Gasteiger partial charge in [0.05, 0.1) is 35.7 Å². The summed E-state index contributed by atoms with van der Waals surface area (Å²) in [6, 6.07) is -0.669. The number of esters is 1. The van der Waals surface area contributed by atoms with Gasteiger partial charge in [-0.3, -0.25) is 9.59 Å². The zero-order chi connectivity index (χ0) is 33.0. The topological polar surface area (TPSA) is 156 Å². The van der Waals surface area contributed by atoms with E-state index in [0.29, 0.717) is 6.42 Å². The first-order valence-electron chi connectivity index (χ1n) is 15.5. The van der Waals surface area contributed by atoms with Gasteiger partial charge in [-0.15, -0.1) is 0 Å². The first kappa shape index (κ1) is 37.8. The summed E-state index contributed by atoms with van der Waals surface area (Å²) in [6.45, 7) is 13.8. The van der Waals surface area contributed by atoms with Crippen LogP contribution >= 0.6 is 0 Å². The Morgan fingerprint density at radius 1 is 1.00 bits per heavy atom. The number of ether oxygens (including phenoxy) is 5. The highest BCUT2D eigenvalue weighted by Gasteiger charge is 2.51. The average Bonchev–Trinajstić information content (AvgIpc) is 2.93. The third kappa shape index (κ3) is 8.46. The third-order valence-electron chi connectivity index (χ3n) is 9.60. The van der Waals surface area contributed by atoms with E-state index in [0.717, 1.165) is 0 Å². The molecular formula is C31H58N2O10. The van der Waals surface area contributed by atoms with Crippen molar-refractivity contribution in [2.45, 2.75) is 141 Å². The second-order valence-corrected chi connectivity index (χ2v) is 13.4. The molecule has 0 aromatic rings. The lowest BCUT2D eigenvalue weighted by atomic mass is 9.79. The Balaban J connectivity index is 2.60. The Morgan fingerprint density at radius 3 is 2.12 bits per heavy atom. The van der Waals surface area contributed by atoms with Gasteiger partial charge in [0.25, 0.3) is 0 Å². The fourth-order valence-corrected chi connectivity index (χ4v) is 6.88. The predicted octanol–water partition coefficient (Wildman–Crippen LogP) is 1.47. The van der Waals surface area contributed by atoms with Crippen LogP contribution in [0.25, 0.3) is 0 Å². The molecule has 4 N–H and O–H groups in total. The van der Waals surface area contributed by atoms with E-state index in [9.17, 15) is 24.9 Å². The van der Waals surface area contributed by atoms with Crippen molar-refractivity contribution in [3.05, 3.63) is 0 Å². The van der Waals surface area contributed by atoms with Crippen LogP contribution in [0.3, 0.4) is 0 Å². The molecule has 43 heavy (non-hydrogen) atoms. The van der Waals surface area contributed by atoms with Gasteiger partial charge < -0.3 is 49.2 Å². The van der Waals surface area contributed by atoms with Gasteiger partial charge in [-0.25, -0.2) is 0 Å². The molecule has 0 saturated carbocycles. The molecule has 0 bridgehead atoms. The minimum Gasteiger partial charge on any atom is -0.459 e. The van der Waals surface area contributed by atoms with Crippen LogP contribution in [0, 0.1) is 17.8 Å². The van der Waals surface area contributed by atoms with E-state index in [2.05, 4.69) is 5.32 Å². The lowest BCUT2D eigenvalue weighted by Crippen LogP contribution is -2.60. The standard InChI is InChI=1S/C31H58N2O10/c1-13-22-31(8,38)26(39-11)20(6)27(36)32-16(2)15-30(7,40-12)25(18(4)23(34)19(5)28(37)42-22)43-29-24(35)21(33(9)10)14-17(3)41-29/h16-26,29,34-35,38H,13-15H2,1-12H3,(H,32,36)/t16-,17-,18+,19-,20+,21+,22-,23+,24-,25-,26-,29+,30-,31-/m1/s1. The van der Waals surface area contributed by atoms with Crippen LogP contribution in [-0.2, 0) is 33.3 Å². The molecule has 12 heteroatoms. The van der Waals surface area contributed by atoms with E-state index in [1.807, 2.05) is 39.8 Å². The highest BCUT2D eigenvalue weighted by Crippen LogP contribution is 2.37. The van der Waals surface area contributed by atoms with Crippen LogP contribution in [0.1, 0.15) is 74.7 Å². The van der Waals surface area contributed by atoms with Crippen molar-refractivity contribution in [3.8, 4) is 0 Å². The summed E-state index contributed by atoms with van der Waals surface area (Å²) in [5, 5.41) is 37.4. The highest BCUT2D eigenvalue weighted by atomic mass is 16.7. The molecule has 2 aliphatic rings. The van der Waals surface area contributed by atoms with E-state index < -0.39 is 77.8 Å². The van der Waals surface area contributed by atoms with Crippen LogP contribution < -0.4 is 5.32 Å². The minimum absolute atomic E-state index is 0.210. The van der Waals surface area contributed by atoms with Gasteiger partial charge in [0.2, 0.25) is 5.91 Å². The van der Waals surface area contributed by atoms with Crippen molar-refractivity contribution in [2.24, 2.45) is 17.8 Å². The Kier molecular flexibility index (Phi) is 13.4. The number of aliphatic hydroxyl groups excluding tert-OH is 2. The predicted molar refractivity (Wildman–Crippen MR) is 160 cm³/mol. The molecule has 0 aromatic carbocycles. The van der Waals surface area contributed by atoms with Gasteiger partial charge >= 0.3 is 5.97 Å². The SMILES string of the molecule is CC[C@H]1OC(=O)[C@H](C)[C@@H](O)[C@H](C)[C@@H](O[C@@H]2O[C@H](C)C[C@H](N(C)C)[C@H]2O)[C@](C)(OC)C[C@@H](C)NC(=O)[C@@H](C)[C@@H](OC)[C@]1(C)O. The van der Waals surface area contributed by atoms with Crippen molar-refractivity contribution in [2.75, 3.05) is 28.3 Å². The van der Waals surface area contributed by atoms with Crippen LogP contribution in [-0.4, -0.2) is 127 Å². The number of cyclic esters (lactones) is 1. The van der Waals surface area contributed by atoms with Gasteiger partial charge in [0, 0.05) is 32.2 Å². The van der Waals surface area contributed by atoms with Crippen molar-refractivity contribution in [3.63, 3.8) is 0 Å². The smallest absolute Gasteiger partial charge is 0.311 e. The molecule has 2 aliphatic heterocycles. The van der Waals surface area contributed by atoms with Crippen molar-refractivity contribution in [1.82, 2.24) is 10.2 Å². The fourth-order valence-electron chi connectivity index (χ4n) is 6.88. The van der Waals surface area contributed by atoms with E-state index in [1.165, 1.54) is 21.1 Å². The number of nitrogens with one attached hydrogen (secondary N) is 1. The van der Waals surface area contributed by atoms with Gasteiger partial charge in [0.15, 0.2) is 6.29 Å². The number of carbonyl (C=O) groups is 2. The van der Waals surface area contributed by atoms with Gasteiger partial charge in [-0.2, -0.15) is 0 Å². The van der Waals surface area contributed by atoms with Crippen LogP contribution in [0.4, 0.5) is 0 Å². The number of nitrogens with zero attached hydrogens (tertiary/aromatic N) is 1. The maximum atomic E-state index is 13.4. The molecule has 0 aliphatic carbocycles. The number of carbonyl (C=O) groups excluding carboxylic acids is 2. The van der Waals surface area contributed by atoms with E-state index in [4.69, 9.17) is 23.7 Å². The molecule has 0 aromatic heterocycles. The number of amides is 1. The molecule has 1 amide bonds. The minimum atomic E-state index is -1.71. The van der Waals surface area contributed by atoms with Gasteiger partial charge in [-0.05, 0) is 68.0 Å². The third-order valence-corrected chi connectivity index (χ3v) is 9.60. The zero-order valence-corrected chi connectivity index (χ0v) is 28.2. The zero-order valence-electron chi connectivity index (χ0n) is 28.2. The Hall–Kier alpha value is -1.38. The van der Waals surface area contributed by atoms with Crippen LogP contribution in [0.5, 0.6) is 0 Å². The van der Waals surface area contributed by atoms with Gasteiger partial charge in [-0.1, -0.05) is 20.8 Å². The maximum absolute atomic E-state index is 13.4. The molecule has 0 radical (unpaired) electrons. The number of hydrogen-bond donors (Lipinski definition) is 4. The maximum Gasteiger partial charge on any atom is 0.311 e. The molecular weight excluding hydrogens is 560 g/mol. The van der Waals surface area contributed by atoms with Gasteiger partial charge in [0.1, 0.15) is 23.9 Å². The first-order valence-corrected chi connectivity index (χ1v) is 15.5. The van der Waals surface area contributed by atoms with Crippen molar-refractivity contribution in [1.29, 1.82) is 0 Å². The van der Waals surface area contributed by atoms with E-state index >= 15 is 0 Å². The molecule has 12 nitrogen and oxygen atoms in total. The average molecular weight is 619 g/mol. The number of methoxy groups -OCH3 is 2. The lowest BCUT2D eigenvalue weighted by Gasteiger charge is -2.47. The molecule has 0 unspecified atom stereocenters.